The molecule has 1 aromatic heterocycles. The van der Waals surface area contributed by atoms with Crippen molar-refractivity contribution >= 4 is 60.5 Å². The smallest absolute Gasteiger partial charge is 0.140 e. The van der Waals surface area contributed by atoms with Gasteiger partial charge < -0.3 is 14.1 Å². The molecule has 13 aromatic rings. The maximum absolute atomic E-state index is 7.24. The quantitative estimate of drug-likeness (QED) is 0.172. The molecule has 16 rings (SSSR count). The minimum atomic E-state index is -0.624. The number of furan rings is 1. The Morgan fingerprint density at radius 3 is 1.47 bits per heavy atom. The predicted molar refractivity (Wildman–Crippen MR) is 309 cm³/mol. The first kappa shape index (κ1) is 42.1. The van der Waals surface area contributed by atoms with Crippen LogP contribution in [0.5, 0.6) is 11.5 Å². The third kappa shape index (κ3) is 5.92. The number of fused-ring (bicyclic) bond motifs is 19. The summed E-state index contributed by atoms with van der Waals surface area (Å²) in [7, 11) is 0. The summed E-state index contributed by atoms with van der Waals surface area (Å²) in [6.45, 7) is 4.69. The van der Waals surface area contributed by atoms with E-state index in [0.717, 1.165) is 88.7 Å². The molecule has 1 spiro atoms. The Kier molecular flexibility index (Phi) is 8.72. The first-order valence-electron chi connectivity index (χ1n) is 26.1. The van der Waals surface area contributed by atoms with Crippen LogP contribution in [0, 0.1) is 0 Å². The second kappa shape index (κ2) is 15.5. The van der Waals surface area contributed by atoms with Gasteiger partial charge in [-0.2, -0.15) is 0 Å². The molecule has 0 N–H and O–H groups in total. The van der Waals surface area contributed by atoms with Gasteiger partial charge in [-0.25, -0.2) is 0 Å². The number of rotatable bonds is 5. The highest BCUT2D eigenvalue weighted by Crippen LogP contribution is 2.64. The molecule has 0 bridgehead atoms. The van der Waals surface area contributed by atoms with Gasteiger partial charge in [-0.05, 0) is 138 Å². The van der Waals surface area contributed by atoms with Crippen LogP contribution in [0.3, 0.4) is 0 Å². The standard InChI is InChI=1S/C72H47NO2/c1-71(2)61-20-10-7-18-56(61)59-43-52(35-39-62(59)71)73(50-31-23-44(24-32-50)48-30-40-68-60(41-48)58-19-9-12-22-67(58)74-68)51-33-25-45(26-34-51)49-27-36-57-55-17-8-11-21-63(55)72(66(57)42-49)64-37-28-46-13-3-5-15-53(46)69(64)75-70-54-16-6-4-14-47(54)29-38-65(70)72/h3-43H,1-2H3. The third-order valence-corrected chi connectivity index (χ3v) is 16.9. The summed E-state index contributed by atoms with van der Waals surface area (Å²) in [6, 6.07) is 91.6. The van der Waals surface area contributed by atoms with Crippen molar-refractivity contribution in [2.75, 3.05) is 4.90 Å². The number of benzene rings is 12. The SMILES string of the molecule is CC1(C)c2ccccc2-c2cc(N(c3ccc(-c4ccc5c(c4)C4(c6ccccc6-5)c5ccc6ccccc6c5Oc5c4ccc4ccccc54)cc3)c3ccc(-c4ccc5oc6ccccc6c5c4)cc3)ccc21. The van der Waals surface area contributed by atoms with Crippen LogP contribution in [0.4, 0.5) is 17.1 Å². The van der Waals surface area contributed by atoms with E-state index in [1.54, 1.807) is 0 Å². The molecule has 0 radical (unpaired) electrons. The van der Waals surface area contributed by atoms with Gasteiger partial charge in [0.15, 0.2) is 0 Å². The van der Waals surface area contributed by atoms with Gasteiger partial charge in [-0.15, -0.1) is 0 Å². The molecule has 0 saturated heterocycles. The van der Waals surface area contributed by atoms with Crippen molar-refractivity contribution < 1.29 is 9.15 Å². The van der Waals surface area contributed by atoms with Gasteiger partial charge in [0.25, 0.3) is 0 Å². The topological polar surface area (TPSA) is 25.6 Å². The Bertz CT molecular complexity index is 4450. The molecule has 352 valence electrons. The molecule has 0 amide bonds. The van der Waals surface area contributed by atoms with Gasteiger partial charge in [-0.3, -0.25) is 0 Å². The highest BCUT2D eigenvalue weighted by Gasteiger charge is 2.52. The monoisotopic (exact) mass is 957 g/mol. The second-order valence-electron chi connectivity index (χ2n) is 21.1. The average molecular weight is 958 g/mol. The number of hydrogen-bond acceptors (Lipinski definition) is 3. The molecule has 0 atom stereocenters. The van der Waals surface area contributed by atoms with E-state index in [1.807, 2.05) is 12.1 Å². The van der Waals surface area contributed by atoms with E-state index in [4.69, 9.17) is 9.15 Å². The molecule has 75 heavy (non-hydrogen) atoms. The van der Waals surface area contributed by atoms with Gasteiger partial charge in [0.05, 0.1) is 5.41 Å². The Morgan fingerprint density at radius 2 is 0.787 bits per heavy atom. The molecule has 0 unspecified atom stereocenters. The largest absolute Gasteiger partial charge is 0.456 e. The summed E-state index contributed by atoms with van der Waals surface area (Å²) in [4.78, 5) is 2.41. The first-order chi connectivity index (χ1) is 36.9. The second-order valence-corrected chi connectivity index (χ2v) is 21.1. The van der Waals surface area contributed by atoms with Crippen molar-refractivity contribution in [2.24, 2.45) is 0 Å². The molecule has 3 heteroatoms. The zero-order valence-electron chi connectivity index (χ0n) is 41.4. The van der Waals surface area contributed by atoms with Crippen LogP contribution in [0.25, 0.3) is 88.0 Å². The minimum absolute atomic E-state index is 0.0911. The highest BCUT2D eigenvalue weighted by molar-refractivity contribution is 6.06. The number of anilines is 3. The maximum Gasteiger partial charge on any atom is 0.140 e. The van der Waals surface area contributed by atoms with Crippen molar-refractivity contribution in [3.05, 3.63) is 282 Å². The van der Waals surface area contributed by atoms with E-state index in [9.17, 15) is 0 Å². The van der Waals surface area contributed by atoms with Gasteiger partial charge in [0.2, 0.25) is 0 Å². The summed E-state index contributed by atoms with van der Waals surface area (Å²) >= 11 is 0. The van der Waals surface area contributed by atoms with Gasteiger partial charge in [0.1, 0.15) is 22.7 Å². The number of ether oxygens (including phenoxy) is 1. The van der Waals surface area contributed by atoms with Crippen LogP contribution in [0.15, 0.2) is 253 Å². The van der Waals surface area contributed by atoms with Crippen molar-refractivity contribution in [3.8, 4) is 56.0 Å². The van der Waals surface area contributed by atoms with Crippen molar-refractivity contribution in [1.29, 1.82) is 0 Å². The van der Waals surface area contributed by atoms with Crippen molar-refractivity contribution in [1.82, 2.24) is 0 Å². The Labute approximate surface area is 435 Å². The first-order valence-corrected chi connectivity index (χ1v) is 26.1. The lowest BCUT2D eigenvalue weighted by molar-refractivity contribution is 0.447. The fourth-order valence-electron chi connectivity index (χ4n) is 13.4. The molecule has 0 saturated carbocycles. The molecule has 3 aliphatic rings. The Morgan fingerprint density at radius 1 is 0.307 bits per heavy atom. The summed E-state index contributed by atoms with van der Waals surface area (Å²) in [5, 5.41) is 6.82. The van der Waals surface area contributed by atoms with Gasteiger partial charge >= 0.3 is 0 Å². The van der Waals surface area contributed by atoms with E-state index in [1.165, 1.54) is 61.2 Å². The zero-order valence-corrected chi connectivity index (χ0v) is 41.4. The third-order valence-electron chi connectivity index (χ3n) is 16.9. The number of hydrogen-bond donors (Lipinski definition) is 0. The summed E-state index contributed by atoms with van der Waals surface area (Å²) in [5.41, 5.74) is 21.7. The number of nitrogens with zero attached hydrogens (tertiary/aromatic N) is 1. The van der Waals surface area contributed by atoms with E-state index in [2.05, 4.69) is 255 Å². The van der Waals surface area contributed by atoms with Crippen LogP contribution in [0.2, 0.25) is 0 Å². The fourth-order valence-corrected chi connectivity index (χ4v) is 13.4. The molecular weight excluding hydrogens is 911 g/mol. The van der Waals surface area contributed by atoms with Crippen LogP contribution in [0.1, 0.15) is 47.2 Å². The molecule has 2 heterocycles. The van der Waals surface area contributed by atoms with Gasteiger partial charge in [0, 0.05) is 55.1 Å². The van der Waals surface area contributed by atoms with Crippen LogP contribution >= 0.6 is 0 Å². The van der Waals surface area contributed by atoms with E-state index >= 15 is 0 Å². The highest BCUT2D eigenvalue weighted by atomic mass is 16.5. The summed E-state index contributed by atoms with van der Waals surface area (Å²) in [5.74, 6) is 1.85. The predicted octanol–water partition coefficient (Wildman–Crippen LogP) is 19.5. The van der Waals surface area contributed by atoms with E-state index in [0.29, 0.717) is 0 Å². The molecular formula is C72H47NO2. The lowest BCUT2D eigenvalue weighted by atomic mass is 9.65. The summed E-state index contributed by atoms with van der Waals surface area (Å²) in [6.07, 6.45) is 0. The van der Waals surface area contributed by atoms with E-state index < -0.39 is 5.41 Å². The molecule has 0 fully saturated rings. The van der Waals surface area contributed by atoms with Crippen molar-refractivity contribution in [2.45, 2.75) is 24.7 Å². The van der Waals surface area contributed by atoms with Gasteiger partial charge in [-0.1, -0.05) is 202 Å². The van der Waals surface area contributed by atoms with Crippen LogP contribution in [-0.4, -0.2) is 0 Å². The maximum atomic E-state index is 7.24. The average Bonchev–Trinajstić information content (AvgIpc) is 4.07. The zero-order chi connectivity index (χ0) is 49.6. The van der Waals surface area contributed by atoms with Crippen LogP contribution in [-0.2, 0) is 10.8 Å². The summed E-state index contributed by atoms with van der Waals surface area (Å²) < 4.78 is 13.4. The molecule has 1 aliphatic heterocycles. The minimum Gasteiger partial charge on any atom is -0.456 e. The van der Waals surface area contributed by atoms with E-state index in [-0.39, 0.29) is 5.41 Å². The molecule has 3 nitrogen and oxygen atoms in total. The molecule has 2 aliphatic carbocycles. The number of para-hydroxylation sites is 1. The lowest BCUT2D eigenvalue weighted by Gasteiger charge is -2.40. The molecule has 12 aromatic carbocycles. The normalized spacial score (nSPS) is 14.1. The lowest BCUT2D eigenvalue weighted by Crippen LogP contribution is -2.32. The van der Waals surface area contributed by atoms with Crippen molar-refractivity contribution in [3.63, 3.8) is 0 Å². The van der Waals surface area contributed by atoms with Crippen LogP contribution < -0.4 is 9.64 Å². The Hall–Kier alpha value is -9.44. The Balaban J connectivity index is 0.843. The fraction of sp³-hybridized carbons (Fsp3) is 0.0556.